The molecule has 1 heterocycles. The maximum absolute atomic E-state index is 13.2. The minimum absolute atomic E-state index is 0.0913. The summed E-state index contributed by atoms with van der Waals surface area (Å²) in [6.07, 6.45) is 5.96. The zero-order valence-corrected chi connectivity index (χ0v) is 19.3. The van der Waals surface area contributed by atoms with Crippen molar-refractivity contribution in [2.45, 2.75) is 44.8 Å². The van der Waals surface area contributed by atoms with Crippen molar-refractivity contribution in [1.29, 1.82) is 0 Å². The number of carbonyl (C=O) groups excluding carboxylic acids is 2. The molecule has 0 bridgehead atoms. The van der Waals surface area contributed by atoms with Crippen LogP contribution in [0, 0.1) is 0 Å². The Labute approximate surface area is 194 Å². The monoisotopic (exact) mass is 450 g/mol. The number of nitrogens with one attached hydrogen (secondary N) is 1. The van der Waals surface area contributed by atoms with Crippen LogP contribution in [-0.4, -0.2) is 48.3 Å². The second kappa shape index (κ2) is 9.27. The van der Waals surface area contributed by atoms with Crippen LogP contribution in [0.1, 0.15) is 42.5 Å². The maximum atomic E-state index is 13.2. The SMILES string of the molecule is C/C=C/c1ccc(OCC(O)CN2C(=O)NC(C)(c3ccc4c(c3)CCC4)C2=O)c(OC)c1. The van der Waals surface area contributed by atoms with E-state index >= 15 is 0 Å². The number of carbonyl (C=O) groups is 2. The average molecular weight is 451 g/mol. The van der Waals surface area contributed by atoms with Crippen molar-refractivity contribution in [3.05, 3.63) is 64.7 Å². The summed E-state index contributed by atoms with van der Waals surface area (Å²) in [4.78, 5) is 26.9. The molecule has 2 unspecified atom stereocenters. The zero-order chi connectivity index (χ0) is 23.6. The van der Waals surface area contributed by atoms with Gasteiger partial charge in [-0.2, -0.15) is 0 Å². The highest BCUT2D eigenvalue weighted by Crippen LogP contribution is 2.33. The number of hydrogen-bond acceptors (Lipinski definition) is 5. The number of urea groups is 1. The smallest absolute Gasteiger partial charge is 0.325 e. The maximum Gasteiger partial charge on any atom is 0.325 e. The predicted octanol–water partition coefficient (Wildman–Crippen LogP) is 3.42. The van der Waals surface area contributed by atoms with E-state index in [2.05, 4.69) is 5.32 Å². The van der Waals surface area contributed by atoms with E-state index in [9.17, 15) is 14.7 Å². The summed E-state index contributed by atoms with van der Waals surface area (Å²) in [5.74, 6) is 0.639. The van der Waals surface area contributed by atoms with Crippen LogP contribution >= 0.6 is 0 Å². The van der Waals surface area contributed by atoms with Gasteiger partial charge in [0.1, 0.15) is 18.2 Å². The summed E-state index contributed by atoms with van der Waals surface area (Å²) in [5, 5.41) is 13.3. The third-order valence-corrected chi connectivity index (χ3v) is 6.32. The first kappa shape index (κ1) is 22.9. The number of hydrogen-bond donors (Lipinski definition) is 2. The van der Waals surface area contributed by atoms with Gasteiger partial charge in [-0.15, -0.1) is 0 Å². The highest BCUT2D eigenvalue weighted by atomic mass is 16.5. The predicted molar refractivity (Wildman–Crippen MR) is 125 cm³/mol. The third kappa shape index (κ3) is 4.46. The van der Waals surface area contributed by atoms with E-state index in [1.54, 1.807) is 20.1 Å². The van der Waals surface area contributed by atoms with Crippen LogP contribution in [0.25, 0.3) is 6.08 Å². The summed E-state index contributed by atoms with van der Waals surface area (Å²) < 4.78 is 11.1. The highest BCUT2D eigenvalue weighted by molar-refractivity contribution is 6.07. The summed E-state index contributed by atoms with van der Waals surface area (Å²) in [7, 11) is 1.55. The molecule has 1 aliphatic carbocycles. The van der Waals surface area contributed by atoms with Crippen LogP contribution in [0.3, 0.4) is 0 Å². The quantitative estimate of drug-likeness (QED) is 0.602. The molecule has 3 amide bonds. The molecule has 0 saturated carbocycles. The first-order valence-corrected chi connectivity index (χ1v) is 11.2. The van der Waals surface area contributed by atoms with Crippen molar-refractivity contribution in [2.75, 3.05) is 20.3 Å². The molecule has 1 aliphatic heterocycles. The number of aliphatic hydroxyl groups is 1. The number of imide groups is 1. The van der Waals surface area contributed by atoms with E-state index < -0.39 is 17.7 Å². The van der Waals surface area contributed by atoms with Crippen molar-refractivity contribution < 1.29 is 24.2 Å². The molecule has 33 heavy (non-hydrogen) atoms. The molecular formula is C26H30N2O5. The van der Waals surface area contributed by atoms with Gasteiger partial charge in [-0.25, -0.2) is 4.79 Å². The Balaban J connectivity index is 1.42. The fraction of sp³-hybridized carbons (Fsp3) is 0.385. The van der Waals surface area contributed by atoms with Crippen molar-refractivity contribution in [3.63, 3.8) is 0 Å². The zero-order valence-electron chi connectivity index (χ0n) is 19.3. The van der Waals surface area contributed by atoms with Gasteiger partial charge < -0.3 is 19.9 Å². The first-order chi connectivity index (χ1) is 15.9. The molecule has 0 aromatic heterocycles. The van der Waals surface area contributed by atoms with Gasteiger partial charge in [0.2, 0.25) is 0 Å². The molecule has 2 atom stereocenters. The number of amides is 3. The van der Waals surface area contributed by atoms with Gasteiger partial charge in [0, 0.05) is 0 Å². The Morgan fingerprint density at radius 2 is 1.94 bits per heavy atom. The van der Waals surface area contributed by atoms with E-state index in [0.29, 0.717) is 11.5 Å². The van der Waals surface area contributed by atoms with Crippen LogP contribution in [0.5, 0.6) is 11.5 Å². The number of fused-ring (bicyclic) bond motifs is 1. The van der Waals surface area contributed by atoms with E-state index in [4.69, 9.17) is 9.47 Å². The fourth-order valence-corrected chi connectivity index (χ4v) is 4.49. The lowest BCUT2D eigenvalue weighted by Crippen LogP contribution is -2.42. The van der Waals surface area contributed by atoms with Crippen molar-refractivity contribution in [1.82, 2.24) is 10.2 Å². The average Bonchev–Trinajstić information content (AvgIpc) is 3.36. The van der Waals surface area contributed by atoms with E-state index in [1.165, 1.54) is 11.1 Å². The number of ether oxygens (including phenoxy) is 2. The van der Waals surface area contributed by atoms with Gasteiger partial charge in [0.15, 0.2) is 11.5 Å². The number of benzene rings is 2. The van der Waals surface area contributed by atoms with Crippen molar-refractivity contribution in [3.8, 4) is 11.5 Å². The van der Waals surface area contributed by atoms with E-state index in [-0.39, 0.29) is 19.1 Å². The number of nitrogens with zero attached hydrogens (tertiary/aromatic N) is 1. The molecule has 1 fully saturated rings. The molecule has 0 radical (unpaired) electrons. The van der Waals surface area contributed by atoms with Crippen LogP contribution in [-0.2, 0) is 23.2 Å². The summed E-state index contributed by atoms with van der Waals surface area (Å²) >= 11 is 0. The molecule has 2 aromatic rings. The molecule has 7 nitrogen and oxygen atoms in total. The number of β-amino-alcohol motifs (C(OH)–C–C–N with tert-alkyl or cyclic N) is 1. The molecular weight excluding hydrogens is 420 g/mol. The van der Waals surface area contributed by atoms with Gasteiger partial charge in [-0.3, -0.25) is 9.69 Å². The summed E-state index contributed by atoms with van der Waals surface area (Å²) in [6.45, 7) is 3.39. The third-order valence-electron chi connectivity index (χ3n) is 6.32. The molecule has 2 aliphatic rings. The minimum atomic E-state index is -1.15. The fourth-order valence-electron chi connectivity index (χ4n) is 4.49. The molecule has 7 heteroatoms. The Morgan fingerprint density at radius 3 is 2.70 bits per heavy atom. The van der Waals surface area contributed by atoms with Crippen LogP contribution in [0.2, 0.25) is 0 Å². The molecule has 1 saturated heterocycles. The number of aryl methyl sites for hydroxylation is 2. The lowest BCUT2D eigenvalue weighted by atomic mass is 9.89. The summed E-state index contributed by atoms with van der Waals surface area (Å²) in [5.41, 5.74) is 3.11. The molecule has 2 N–H and O–H groups in total. The Hall–Kier alpha value is -3.32. The number of allylic oxidation sites excluding steroid dienone is 1. The first-order valence-electron chi connectivity index (χ1n) is 11.2. The summed E-state index contributed by atoms with van der Waals surface area (Å²) in [6, 6.07) is 10.9. The Morgan fingerprint density at radius 1 is 1.15 bits per heavy atom. The van der Waals surface area contributed by atoms with Crippen molar-refractivity contribution >= 4 is 18.0 Å². The Kier molecular flexibility index (Phi) is 6.42. The number of methoxy groups -OCH3 is 1. The Bertz CT molecular complexity index is 1100. The van der Waals surface area contributed by atoms with Gasteiger partial charge in [0.05, 0.1) is 13.7 Å². The minimum Gasteiger partial charge on any atom is -0.493 e. The highest BCUT2D eigenvalue weighted by Gasteiger charge is 2.49. The van der Waals surface area contributed by atoms with E-state index in [0.717, 1.165) is 35.3 Å². The van der Waals surface area contributed by atoms with Crippen molar-refractivity contribution in [2.24, 2.45) is 0 Å². The van der Waals surface area contributed by atoms with Gasteiger partial charge in [-0.05, 0) is 67.5 Å². The normalized spacial score (nSPS) is 20.8. The van der Waals surface area contributed by atoms with Gasteiger partial charge >= 0.3 is 6.03 Å². The second-order valence-electron chi connectivity index (χ2n) is 8.68. The second-order valence-corrected chi connectivity index (χ2v) is 8.68. The van der Waals surface area contributed by atoms with Crippen LogP contribution < -0.4 is 14.8 Å². The van der Waals surface area contributed by atoms with Gasteiger partial charge in [-0.1, -0.05) is 36.4 Å². The number of aliphatic hydroxyl groups excluding tert-OH is 1. The standard InChI is InChI=1S/C26H30N2O5/c1-4-6-17-9-12-22(23(13-17)32-3)33-16-21(29)15-28-24(30)26(2,27-25(28)31)20-11-10-18-7-5-8-19(18)14-20/h4,6,9-14,21,29H,5,7-8,15-16H2,1-3H3,(H,27,31)/b6-4+. The molecule has 2 aromatic carbocycles. The lowest BCUT2D eigenvalue weighted by Gasteiger charge is -2.24. The molecule has 174 valence electrons. The van der Waals surface area contributed by atoms with Crippen LogP contribution in [0.4, 0.5) is 4.79 Å². The largest absolute Gasteiger partial charge is 0.493 e. The van der Waals surface area contributed by atoms with E-state index in [1.807, 2.05) is 49.4 Å². The topological polar surface area (TPSA) is 88.1 Å². The molecule has 4 rings (SSSR count). The lowest BCUT2D eigenvalue weighted by molar-refractivity contribution is -0.132. The van der Waals surface area contributed by atoms with Gasteiger partial charge in [0.25, 0.3) is 5.91 Å². The van der Waals surface area contributed by atoms with Crippen LogP contribution in [0.15, 0.2) is 42.5 Å². The molecule has 0 spiro atoms. The number of rotatable bonds is 8.